The molecule has 1 atom stereocenters. The van der Waals surface area contributed by atoms with Gasteiger partial charge in [0.25, 0.3) is 0 Å². The molecule has 0 aromatic heterocycles. The number of alkyl halides is 3. The Morgan fingerprint density at radius 3 is 2.74 bits per heavy atom. The quantitative estimate of drug-likeness (QED) is 0.908. The van der Waals surface area contributed by atoms with E-state index in [1.54, 1.807) is 17.8 Å². The van der Waals surface area contributed by atoms with Crippen LogP contribution in [0.25, 0.3) is 0 Å². The number of ether oxygens (including phenoxy) is 1. The van der Waals surface area contributed by atoms with E-state index in [1.807, 2.05) is 0 Å². The van der Waals surface area contributed by atoms with E-state index in [4.69, 9.17) is 4.74 Å². The van der Waals surface area contributed by atoms with Crippen LogP contribution in [0.15, 0.2) is 18.2 Å². The van der Waals surface area contributed by atoms with Gasteiger partial charge in [0, 0.05) is 17.5 Å². The highest BCUT2D eigenvalue weighted by Gasteiger charge is 2.34. The van der Waals surface area contributed by atoms with E-state index in [9.17, 15) is 13.2 Å². The van der Waals surface area contributed by atoms with Crippen LogP contribution in [0, 0.1) is 0 Å². The molecule has 2 rings (SSSR count). The van der Waals surface area contributed by atoms with Crippen LogP contribution in [0.3, 0.4) is 0 Å². The van der Waals surface area contributed by atoms with Crippen molar-refractivity contribution >= 4 is 17.4 Å². The first kappa shape index (κ1) is 14.4. The molecule has 1 unspecified atom stereocenters. The molecule has 1 aliphatic rings. The fourth-order valence-electron chi connectivity index (χ4n) is 2.09. The molecule has 1 saturated heterocycles. The highest BCUT2D eigenvalue weighted by atomic mass is 32.2. The lowest BCUT2D eigenvalue weighted by atomic mass is 10.1. The SMILES string of the molecule is COc1ccc(NC2CCCSC2)c(C(F)(F)F)c1. The Morgan fingerprint density at radius 1 is 1.37 bits per heavy atom. The molecule has 19 heavy (non-hydrogen) atoms. The summed E-state index contributed by atoms with van der Waals surface area (Å²) in [6.07, 6.45) is -2.42. The molecule has 0 amide bonds. The normalized spacial score (nSPS) is 20.1. The van der Waals surface area contributed by atoms with Crippen molar-refractivity contribution in [3.63, 3.8) is 0 Å². The summed E-state index contributed by atoms with van der Waals surface area (Å²) in [7, 11) is 1.36. The molecule has 6 heteroatoms. The molecule has 0 spiro atoms. The standard InChI is InChI=1S/C13H16F3NOS/c1-18-10-4-5-12(11(7-10)13(14,15)16)17-9-3-2-6-19-8-9/h4-5,7,9,17H,2-3,6,8H2,1H3. The second kappa shape index (κ2) is 5.94. The highest BCUT2D eigenvalue weighted by Crippen LogP contribution is 2.38. The Balaban J connectivity index is 2.23. The topological polar surface area (TPSA) is 21.3 Å². The molecule has 106 valence electrons. The van der Waals surface area contributed by atoms with Gasteiger partial charge in [0.2, 0.25) is 0 Å². The lowest BCUT2D eigenvalue weighted by Crippen LogP contribution is -2.27. The molecule has 2 nitrogen and oxygen atoms in total. The first-order chi connectivity index (χ1) is 9.00. The molecule has 1 heterocycles. The van der Waals surface area contributed by atoms with E-state index in [0.717, 1.165) is 30.4 Å². The molecular formula is C13H16F3NOS. The van der Waals surface area contributed by atoms with Gasteiger partial charge < -0.3 is 10.1 Å². The zero-order chi connectivity index (χ0) is 13.9. The largest absolute Gasteiger partial charge is 0.497 e. The summed E-state index contributed by atoms with van der Waals surface area (Å²) >= 11 is 1.77. The first-order valence-corrected chi connectivity index (χ1v) is 7.25. The number of anilines is 1. The molecule has 1 fully saturated rings. The number of halogens is 3. The van der Waals surface area contributed by atoms with Crippen molar-refractivity contribution in [2.75, 3.05) is 23.9 Å². The van der Waals surface area contributed by atoms with Gasteiger partial charge in [-0.15, -0.1) is 0 Å². The van der Waals surface area contributed by atoms with Crippen LogP contribution in [-0.2, 0) is 6.18 Å². The highest BCUT2D eigenvalue weighted by molar-refractivity contribution is 7.99. The third-order valence-corrected chi connectivity index (χ3v) is 4.27. The van der Waals surface area contributed by atoms with Gasteiger partial charge in [-0.25, -0.2) is 0 Å². The van der Waals surface area contributed by atoms with Crippen LogP contribution >= 0.6 is 11.8 Å². The summed E-state index contributed by atoms with van der Waals surface area (Å²) in [6, 6.07) is 4.14. The molecule has 0 radical (unpaired) electrons. The fourth-order valence-corrected chi connectivity index (χ4v) is 3.16. The maximum Gasteiger partial charge on any atom is 0.418 e. The third-order valence-electron chi connectivity index (χ3n) is 3.05. The predicted molar refractivity (Wildman–Crippen MR) is 72.0 cm³/mol. The number of benzene rings is 1. The van der Waals surface area contributed by atoms with Gasteiger partial charge in [0.05, 0.1) is 12.7 Å². The van der Waals surface area contributed by atoms with E-state index in [-0.39, 0.29) is 17.5 Å². The Bertz CT molecular complexity index is 430. The van der Waals surface area contributed by atoms with Crippen LogP contribution in [-0.4, -0.2) is 24.7 Å². The molecule has 1 aromatic carbocycles. The van der Waals surface area contributed by atoms with Gasteiger partial charge in [0.15, 0.2) is 0 Å². The van der Waals surface area contributed by atoms with Crippen molar-refractivity contribution in [1.29, 1.82) is 0 Å². The van der Waals surface area contributed by atoms with E-state index in [2.05, 4.69) is 5.32 Å². The second-order valence-electron chi connectivity index (χ2n) is 4.47. The molecule has 1 aromatic rings. The predicted octanol–water partition coefficient (Wildman–Crippen LogP) is 4.02. The lowest BCUT2D eigenvalue weighted by Gasteiger charge is -2.25. The van der Waals surface area contributed by atoms with Crippen molar-refractivity contribution in [2.24, 2.45) is 0 Å². The van der Waals surface area contributed by atoms with E-state index >= 15 is 0 Å². The number of thioether (sulfide) groups is 1. The van der Waals surface area contributed by atoms with Crippen LogP contribution in [0.4, 0.5) is 18.9 Å². The van der Waals surface area contributed by atoms with Crippen molar-refractivity contribution in [1.82, 2.24) is 0 Å². The minimum atomic E-state index is -4.38. The van der Waals surface area contributed by atoms with Gasteiger partial charge in [-0.2, -0.15) is 24.9 Å². The molecular weight excluding hydrogens is 275 g/mol. The van der Waals surface area contributed by atoms with E-state index in [0.29, 0.717) is 0 Å². The smallest absolute Gasteiger partial charge is 0.418 e. The van der Waals surface area contributed by atoms with Crippen molar-refractivity contribution in [3.8, 4) is 5.75 Å². The maximum atomic E-state index is 13.0. The Labute approximate surface area is 114 Å². The lowest BCUT2D eigenvalue weighted by molar-refractivity contribution is -0.137. The van der Waals surface area contributed by atoms with Crippen LogP contribution in [0.5, 0.6) is 5.75 Å². The second-order valence-corrected chi connectivity index (χ2v) is 5.62. The summed E-state index contributed by atoms with van der Waals surface area (Å²) in [4.78, 5) is 0. The Hall–Kier alpha value is -1.04. The van der Waals surface area contributed by atoms with Gasteiger partial charge in [-0.3, -0.25) is 0 Å². The average Bonchev–Trinajstić information content (AvgIpc) is 2.39. The number of hydrogen-bond acceptors (Lipinski definition) is 3. The Kier molecular flexibility index (Phi) is 4.50. The fraction of sp³-hybridized carbons (Fsp3) is 0.538. The summed E-state index contributed by atoms with van der Waals surface area (Å²) in [5, 5.41) is 3.01. The summed E-state index contributed by atoms with van der Waals surface area (Å²) in [5.74, 6) is 2.16. The number of rotatable bonds is 3. The third kappa shape index (κ3) is 3.72. The van der Waals surface area contributed by atoms with Crippen molar-refractivity contribution in [2.45, 2.75) is 25.1 Å². The van der Waals surface area contributed by atoms with Crippen molar-refractivity contribution < 1.29 is 17.9 Å². The summed E-state index contributed by atoms with van der Waals surface area (Å²) < 4.78 is 43.9. The van der Waals surface area contributed by atoms with Crippen molar-refractivity contribution in [3.05, 3.63) is 23.8 Å². The zero-order valence-corrected chi connectivity index (χ0v) is 11.4. The van der Waals surface area contributed by atoms with E-state index < -0.39 is 11.7 Å². The van der Waals surface area contributed by atoms with Crippen LogP contribution in [0.2, 0.25) is 0 Å². The maximum absolute atomic E-state index is 13.0. The molecule has 0 bridgehead atoms. The van der Waals surface area contributed by atoms with Gasteiger partial charge in [-0.05, 0) is 36.8 Å². The number of methoxy groups -OCH3 is 1. The average molecular weight is 291 g/mol. The van der Waals surface area contributed by atoms with Crippen LogP contribution < -0.4 is 10.1 Å². The minimum Gasteiger partial charge on any atom is -0.497 e. The number of hydrogen-bond donors (Lipinski definition) is 1. The molecule has 1 N–H and O–H groups in total. The Morgan fingerprint density at radius 2 is 2.16 bits per heavy atom. The summed E-state index contributed by atoms with van der Waals surface area (Å²) in [5.41, 5.74) is -0.525. The monoisotopic (exact) mass is 291 g/mol. The first-order valence-electron chi connectivity index (χ1n) is 6.10. The van der Waals surface area contributed by atoms with Crippen LogP contribution in [0.1, 0.15) is 18.4 Å². The van der Waals surface area contributed by atoms with Gasteiger partial charge in [-0.1, -0.05) is 0 Å². The molecule has 1 aliphatic heterocycles. The molecule has 0 saturated carbocycles. The van der Waals surface area contributed by atoms with Gasteiger partial charge >= 0.3 is 6.18 Å². The zero-order valence-electron chi connectivity index (χ0n) is 10.6. The minimum absolute atomic E-state index is 0.105. The van der Waals surface area contributed by atoms with Gasteiger partial charge in [0.1, 0.15) is 5.75 Å². The van der Waals surface area contributed by atoms with E-state index in [1.165, 1.54) is 13.2 Å². The molecule has 0 aliphatic carbocycles. The number of nitrogens with one attached hydrogen (secondary N) is 1. The summed E-state index contributed by atoms with van der Waals surface area (Å²) in [6.45, 7) is 0.